The van der Waals surface area contributed by atoms with Crippen LogP contribution in [-0.2, 0) is 6.18 Å². The van der Waals surface area contributed by atoms with E-state index < -0.39 is 11.7 Å². The minimum Gasteiger partial charge on any atom is -0.325 e. The van der Waals surface area contributed by atoms with Gasteiger partial charge in [0, 0.05) is 5.54 Å². The fourth-order valence-electron chi connectivity index (χ4n) is 3.41. The molecule has 4 heteroatoms. The van der Waals surface area contributed by atoms with E-state index in [4.69, 9.17) is 5.73 Å². The smallest absolute Gasteiger partial charge is 0.325 e. The van der Waals surface area contributed by atoms with Crippen LogP contribution in [-0.4, -0.2) is 5.54 Å². The highest BCUT2D eigenvalue weighted by molar-refractivity contribution is 5.33. The van der Waals surface area contributed by atoms with Crippen molar-refractivity contribution in [3.05, 3.63) is 35.4 Å². The van der Waals surface area contributed by atoms with Crippen molar-refractivity contribution in [3.8, 4) is 0 Å². The molecule has 0 radical (unpaired) electrons. The maximum absolute atomic E-state index is 12.5. The first kappa shape index (κ1) is 13.0. The molecule has 2 fully saturated rings. The maximum atomic E-state index is 12.5. The van der Waals surface area contributed by atoms with E-state index in [1.807, 2.05) is 0 Å². The summed E-state index contributed by atoms with van der Waals surface area (Å²) in [5, 5.41) is 0. The van der Waals surface area contributed by atoms with Crippen LogP contribution >= 0.6 is 0 Å². The zero-order chi connectivity index (χ0) is 13.9. The SMILES string of the molecule is CC(c1ccc(C(F)(F)F)cc1)C1(C2(N)CC2)CC1. The lowest BCUT2D eigenvalue weighted by Crippen LogP contribution is -2.37. The third kappa shape index (κ3) is 1.97. The quantitative estimate of drug-likeness (QED) is 0.879. The average molecular weight is 269 g/mol. The highest BCUT2D eigenvalue weighted by Crippen LogP contribution is 2.68. The molecule has 1 aromatic carbocycles. The fraction of sp³-hybridized carbons (Fsp3) is 0.600. The van der Waals surface area contributed by atoms with E-state index >= 15 is 0 Å². The van der Waals surface area contributed by atoms with E-state index in [1.165, 1.54) is 12.1 Å². The fourth-order valence-corrected chi connectivity index (χ4v) is 3.41. The average Bonchev–Trinajstić information content (AvgIpc) is 3.23. The van der Waals surface area contributed by atoms with Gasteiger partial charge in [0.2, 0.25) is 0 Å². The molecule has 0 aliphatic heterocycles. The molecule has 1 atom stereocenters. The third-order valence-corrected chi connectivity index (χ3v) is 5.14. The molecule has 19 heavy (non-hydrogen) atoms. The van der Waals surface area contributed by atoms with E-state index in [-0.39, 0.29) is 16.9 Å². The van der Waals surface area contributed by atoms with Gasteiger partial charge in [0.15, 0.2) is 0 Å². The largest absolute Gasteiger partial charge is 0.416 e. The van der Waals surface area contributed by atoms with Crippen LogP contribution < -0.4 is 5.73 Å². The summed E-state index contributed by atoms with van der Waals surface area (Å²) in [7, 11) is 0. The van der Waals surface area contributed by atoms with Gasteiger partial charge >= 0.3 is 6.18 Å². The van der Waals surface area contributed by atoms with Crippen LogP contribution in [0.1, 0.15) is 49.7 Å². The van der Waals surface area contributed by atoms with Gasteiger partial charge in [-0.3, -0.25) is 0 Å². The highest BCUT2D eigenvalue weighted by atomic mass is 19.4. The van der Waals surface area contributed by atoms with Gasteiger partial charge in [-0.2, -0.15) is 13.2 Å². The molecule has 1 unspecified atom stereocenters. The Morgan fingerprint density at radius 2 is 1.58 bits per heavy atom. The number of nitrogens with two attached hydrogens (primary N) is 1. The molecule has 0 bridgehead atoms. The number of hydrogen-bond donors (Lipinski definition) is 1. The number of halogens is 3. The molecule has 104 valence electrons. The number of benzene rings is 1. The first-order valence-corrected chi connectivity index (χ1v) is 6.75. The zero-order valence-corrected chi connectivity index (χ0v) is 10.9. The van der Waals surface area contributed by atoms with Crippen molar-refractivity contribution in [2.24, 2.45) is 11.1 Å². The minimum atomic E-state index is -4.26. The van der Waals surface area contributed by atoms with Gasteiger partial charge in [-0.05, 0) is 54.7 Å². The van der Waals surface area contributed by atoms with Crippen molar-refractivity contribution in [2.75, 3.05) is 0 Å². The Morgan fingerprint density at radius 1 is 1.05 bits per heavy atom. The van der Waals surface area contributed by atoms with Crippen molar-refractivity contribution < 1.29 is 13.2 Å². The van der Waals surface area contributed by atoms with Crippen molar-refractivity contribution in [3.63, 3.8) is 0 Å². The van der Waals surface area contributed by atoms with Crippen LogP contribution in [0.25, 0.3) is 0 Å². The molecule has 1 aromatic rings. The van der Waals surface area contributed by atoms with Gasteiger partial charge in [-0.1, -0.05) is 19.1 Å². The minimum absolute atomic E-state index is 0.0604. The second kappa shape index (κ2) is 3.75. The first-order chi connectivity index (χ1) is 8.79. The Morgan fingerprint density at radius 3 is 1.95 bits per heavy atom. The van der Waals surface area contributed by atoms with Crippen molar-refractivity contribution >= 4 is 0 Å². The lowest BCUT2D eigenvalue weighted by molar-refractivity contribution is -0.137. The van der Waals surface area contributed by atoms with Crippen molar-refractivity contribution in [1.82, 2.24) is 0 Å². The van der Waals surface area contributed by atoms with Crippen molar-refractivity contribution in [1.29, 1.82) is 0 Å². The second-order valence-electron chi connectivity index (χ2n) is 6.15. The van der Waals surface area contributed by atoms with Crippen LogP contribution in [0.4, 0.5) is 13.2 Å². The molecule has 2 aliphatic rings. The standard InChI is InChI=1S/C15H18F3N/c1-10(13(6-7-13)14(19)8-9-14)11-2-4-12(5-3-11)15(16,17)18/h2-5,10H,6-9,19H2,1H3. The summed E-state index contributed by atoms with van der Waals surface area (Å²) in [5.41, 5.74) is 6.81. The monoisotopic (exact) mass is 269 g/mol. The first-order valence-electron chi connectivity index (χ1n) is 6.75. The number of rotatable bonds is 3. The topological polar surface area (TPSA) is 26.0 Å². The number of alkyl halides is 3. The molecule has 0 amide bonds. The Bertz CT molecular complexity index is 481. The van der Waals surface area contributed by atoms with E-state index in [0.29, 0.717) is 0 Å². The Balaban J connectivity index is 1.83. The summed E-state index contributed by atoms with van der Waals surface area (Å²) in [6.07, 6.45) is 0.0535. The Kier molecular flexibility index (Phi) is 2.56. The predicted octanol–water partition coefficient (Wildman–Crippen LogP) is 4.08. The van der Waals surface area contributed by atoms with E-state index in [9.17, 15) is 13.2 Å². The van der Waals surface area contributed by atoms with Gasteiger partial charge in [0.05, 0.1) is 5.56 Å². The molecular weight excluding hydrogens is 251 g/mol. The van der Waals surface area contributed by atoms with Gasteiger partial charge < -0.3 is 5.73 Å². The molecular formula is C15H18F3N. The van der Waals surface area contributed by atoms with Crippen LogP contribution in [0.3, 0.4) is 0 Å². The van der Waals surface area contributed by atoms with E-state index in [1.54, 1.807) is 12.1 Å². The molecule has 2 saturated carbocycles. The van der Waals surface area contributed by atoms with Crippen LogP contribution in [0, 0.1) is 5.41 Å². The molecule has 0 saturated heterocycles. The molecule has 3 rings (SSSR count). The Labute approximate surface area is 111 Å². The third-order valence-electron chi connectivity index (χ3n) is 5.14. The molecule has 2 aliphatic carbocycles. The molecule has 0 aromatic heterocycles. The molecule has 1 nitrogen and oxygen atoms in total. The van der Waals surface area contributed by atoms with Crippen LogP contribution in [0.2, 0.25) is 0 Å². The normalized spacial score (nSPS) is 24.9. The lowest BCUT2D eigenvalue weighted by atomic mass is 9.78. The molecule has 2 N–H and O–H groups in total. The predicted molar refractivity (Wildman–Crippen MR) is 67.7 cm³/mol. The highest BCUT2D eigenvalue weighted by Gasteiger charge is 2.65. The lowest BCUT2D eigenvalue weighted by Gasteiger charge is -2.30. The Hall–Kier alpha value is -1.03. The van der Waals surface area contributed by atoms with Gasteiger partial charge in [-0.15, -0.1) is 0 Å². The maximum Gasteiger partial charge on any atom is 0.416 e. The van der Waals surface area contributed by atoms with Crippen LogP contribution in [0.5, 0.6) is 0 Å². The number of hydrogen-bond acceptors (Lipinski definition) is 1. The van der Waals surface area contributed by atoms with E-state index in [2.05, 4.69) is 6.92 Å². The summed E-state index contributed by atoms with van der Waals surface area (Å²) in [6, 6.07) is 5.58. The van der Waals surface area contributed by atoms with E-state index in [0.717, 1.165) is 31.2 Å². The summed E-state index contributed by atoms with van der Waals surface area (Å²) in [6.45, 7) is 2.10. The summed E-state index contributed by atoms with van der Waals surface area (Å²) < 4.78 is 37.6. The molecule has 0 spiro atoms. The van der Waals surface area contributed by atoms with Crippen molar-refractivity contribution in [2.45, 2.75) is 50.2 Å². The second-order valence-corrected chi connectivity index (χ2v) is 6.15. The summed E-state index contributed by atoms with van der Waals surface area (Å²) in [5.74, 6) is 0.238. The van der Waals surface area contributed by atoms with Gasteiger partial charge in [0.1, 0.15) is 0 Å². The van der Waals surface area contributed by atoms with Gasteiger partial charge in [0.25, 0.3) is 0 Å². The van der Waals surface area contributed by atoms with Gasteiger partial charge in [-0.25, -0.2) is 0 Å². The summed E-state index contributed by atoms with van der Waals surface area (Å²) in [4.78, 5) is 0. The zero-order valence-electron chi connectivity index (χ0n) is 10.9. The summed E-state index contributed by atoms with van der Waals surface area (Å²) >= 11 is 0. The van der Waals surface area contributed by atoms with Crippen LogP contribution in [0.15, 0.2) is 24.3 Å². The molecule has 0 heterocycles.